The summed E-state index contributed by atoms with van der Waals surface area (Å²) in [6, 6.07) is 0. The molecule has 0 amide bonds. The monoisotopic (exact) mass is 288 g/mol. The molecule has 3 heterocycles. The lowest BCUT2D eigenvalue weighted by Gasteiger charge is -2.28. The van der Waals surface area contributed by atoms with Crippen LogP contribution in [0.1, 0.15) is 43.5 Å². The summed E-state index contributed by atoms with van der Waals surface area (Å²) in [5.74, 6) is 0.948. The van der Waals surface area contributed by atoms with E-state index in [-0.39, 0.29) is 5.41 Å². The lowest BCUT2D eigenvalue weighted by atomic mass is 9.95. The van der Waals surface area contributed by atoms with Crippen LogP contribution in [0.2, 0.25) is 0 Å². The van der Waals surface area contributed by atoms with Crippen molar-refractivity contribution >= 4 is 11.3 Å². The molecule has 1 aliphatic rings. The molecule has 3 rings (SSSR count). The summed E-state index contributed by atoms with van der Waals surface area (Å²) in [6.07, 6.45) is 3.02. The van der Waals surface area contributed by atoms with E-state index in [1.807, 2.05) is 11.7 Å². The van der Waals surface area contributed by atoms with Gasteiger partial charge in [0, 0.05) is 54.3 Å². The molecule has 20 heavy (non-hydrogen) atoms. The standard InChI is InChI=1S/C15H20N4S/c1-15(2,3)14-16-6-11-7-19(5-4-13(11)18-14)8-12-9-20-10-17-12/h6,9-10H,4-5,7-8H2,1-3H3. The summed E-state index contributed by atoms with van der Waals surface area (Å²) in [4.78, 5) is 16.1. The normalized spacial score (nSPS) is 16.1. The highest BCUT2D eigenvalue weighted by molar-refractivity contribution is 7.07. The maximum absolute atomic E-state index is 4.76. The zero-order valence-electron chi connectivity index (χ0n) is 12.3. The third-order valence-corrected chi connectivity index (χ3v) is 4.19. The Morgan fingerprint density at radius 2 is 2.15 bits per heavy atom. The van der Waals surface area contributed by atoms with Crippen molar-refractivity contribution in [2.75, 3.05) is 6.54 Å². The van der Waals surface area contributed by atoms with Gasteiger partial charge in [-0.15, -0.1) is 11.3 Å². The van der Waals surface area contributed by atoms with E-state index in [9.17, 15) is 0 Å². The Morgan fingerprint density at radius 3 is 2.85 bits per heavy atom. The highest BCUT2D eigenvalue weighted by Crippen LogP contribution is 2.23. The van der Waals surface area contributed by atoms with E-state index in [2.05, 4.69) is 41.0 Å². The van der Waals surface area contributed by atoms with Crippen molar-refractivity contribution in [1.29, 1.82) is 0 Å². The maximum atomic E-state index is 4.76. The molecule has 0 saturated heterocycles. The van der Waals surface area contributed by atoms with E-state index in [1.165, 1.54) is 11.3 Å². The summed E-state index contributed by atoms with van der Waals surface area (Å²) < 4.78 is 0. The smallest absolute Gasteiger partial charge is 0.133 e. The van der Waals surface area contributed by atoms with Crippen LogP contribution in [0, 0.1) is 0 Å². The van der Waals surface area contributed by atoms with Gasteiger partial charge < -0.3 is 0 Å². The number of hydrogen-bond donors (Lipinski definition) is 0. The van der Waals surface area contributed by atoms with Crippen LogP contribution in [0.5, 0.6) is 0 Å². The topological polar surface area (TPSA) is 41.9 Å². The zero-order chi connectivity index (χ0) is 14.2. The number of hydrogen-bond acceptors (Lipinski definition) is 5. The van der Waals surface area contributed by atoms with Gasteiger partial charge in [0.2, 0.25) is 0 Å². The SMILES string of the molecule is CC(C)(C)c1ncc2c(n1)CCN(Cc1cscn1)C2. The first kappa shape index (κ1) is 13.6. The van der Waals surface area contributed by atoms with Gasteiger partial charge in [-0.2, -0.15) is 0 Å². The Bertz CT molecular complexity index is 586. The van der Waals surface area contributed by atoms with Gasteiger partial charge in [0.25, 0.3) is 0 Å². The van der Waals surface area contributed by atoms with Crippen LogP contribution in [0.25, 0.3) is 0 Å². The molecule has 0 aromatic carbocycles. The van der Waals surface area contributed by atoms with E-state index < -0.39 is 0 Å². The molecule has 0 spiro atoms. The third kappa shape index (κ3) is 2.88. The lowest BCUT2D eigenvalue weighted by molar-refractivity contribution is 0.240. The Kier molecular flexibility index (Phi) is 3.56. The highest BCUT2D eigenvalue weighted by atomic mass is 32.1. The van der Waals surface area contributed by atoms with Crippen molar-refractivity contribution in [2.45, 2.75) is 45.7 Å². The fraction of sp³-hybridized carbons (Fsp3) is 0.533. The summed E-state index contributed by atoms with van der Waals surface area (Å²) in [5.41, 5.74) is 5.56. The second-order valence-corrected chi connectivity index (χ2v) is 7.07. The molecule has 106 valence electrons. The summed E-state index contributed by atoms with van der Waals surface area (Å²) in [7, 11) is 0. The fourth-order valence-electron chi connectivity index (χ4n) is 2.42. The first-order chi connectivity index (χ1) is 9.52. The molecule has 4 nitrogen and oxygen atoms in total. The average molecular weight is 288 g/mol. The number of aromatic nitrogens is 3. The van der Waals surface area contributed by atoms with Gasteiger partial charge in [-0.25, -0.2) is 15.0 Å². The van der Waals surface area contributed by atoms with E-state index in [1.54, 1.807) is 11.3 Å². The second-order valence-electron chi connectivity index (χ2n) is 6.36. The molecule has 0 fully saturated rings. The molecular weight excluding hydrogens is 268 g/mol. The molecule has 2 aromatic rings. The van der Waals surface area contributed by atoms with Crippen molar-refractivity contribution in [3.8, 4) is 0 Å². The van der Waals surface area contributed by atoms with Gasteiger partial charge in [-0.05, 0) is 0 Å². The molecule has 0 unspecified atom stereocenters. The van der Waals surface area contributed by atoms with Crippen molar-refractivity contribution in [1.82, 2.24) is 19.9 Å². The minimum atomic E-state index is 0.0206. The molecule has 5 heteroatoms. The fourth-order valence-corrected chi connectivity index (χ4v) is 2.97. The van der Waals surface area contributed by atoms with Crippen LogP contribution in [-0.2, 0) is 24.9 Å². The number of fused-ring (bicyclic) bond motifs is 1. The minimum absolute atomic E-state index is 0.0206. The van der Waals surface area contributed by atoms with E-state index in [0.29, 0.717) is 0 Å². The average Bonchev–Trinajstić information content (AvgIpc) is 2.90. The lowest BCUT2D eigenvalue weighted by Crippen LogP contribution is -2.32. The van der Waals surface area contributed by atoms with E-state index in [0.717, 1.165) is 37.6 Å². The zero-order valence-corrected chi connectivity index (χ0v) is 13.1. The molecule has 2 aromatic heterocycles. The predicted octanol–water partition coefficient (Wildman–Crippen LogP) is 2.79. The highest BCUT2D eigenvalue weighted by Gasteiger charge is 2.22. The summed E-state index contributed by atoms with van der Waals surface area (Å²) in [6.45, 7) is 9.37. The van der Waals surface area contributed by atoms with Crippen LogP contribution in [0.3, 0.4) is 0 Å². The van der Waals surface area contributed by atoms with E-state index in [4.69, 9.17) is 4.98 Å². The largest absolute Gasteiger partial charge is 0.293 e. The Morgan fingerprint density at radius 1 is 1.30 bits per heavy atom. The van der Waals surface area contributed by atoms with Gasteiger partial charge in [0.15, 0.2) is 0 Å². The van der Waals surface area contributed by atoms with Gasteiger partial charge >= 0.3 is 0 Å². The van der Waals surface area contributed by atoms with Gasteiger partial charge in [0.1, 0.15) is 5.82 Å². The van der Waals surface area contributed by atoms with Crippen LogP contribution in [0.4, 0.5) is 0 Å². The van der Waals surface area contributed by atoms with Gasteiger partial charge in [-0.3, -0.25) is 4.90 Å². The van der Waals surface area contributed by atoms with Crippen LogP contribution in [0.15, 0.2) is 17.1 Å². The quantitative estimate of drug-likeness (QED) is 0.852. The second kappa shape index (κ2) is 5.22. The minimum Gasteiger partial charge on any atom is -0.293 e. The van der Waals surface area contributed by atoms with Crippen molar-refractivity contribution in [3.63, 3.8) is 0 Å². The maximum Gasteiger partial charge on any atom is 0.133 e. The van der Waals surface area contributed by atoms with E-state index >= 15 is 0 Å². The number of rotatable bonds is 2. The van der Waals surface area contributed by atoms with Crippen LogP contribution >= 0.6 is 11.3 Å². The molecule has 0 radical (unpaired) electrons. The molecule has 0 atom stereocenters. The van der Waals surface area contributed by atoms with Crippen molar-refractivity contribution < 1.29 is 0 Å². The predicted molar refractivity (Wildman–Crippen MR) is 80.7 cm³/mol. The van der Waals surface area contributed by atoms with Crippen LogP contribution in [-0.4, -0.2) is 26.4 Å². The van der Waals surface area contributed by atoms with Gasteiger partial charge in [-0.1, -0.05) is 20.8 Å². The molecule has 0 aliphatic carbocycles. The Labute approximate surface area is 123 Å². The van der Waals surface area contributed by atoms with Gasteiger partial charge in [0.05, 0.1) is 11.2 Å². The molecule has 0 bridgehead atoms. The summed E-state index contributed by atoms with van der Waals surface area (Å²) in [5, 5.41) is 2.12. The Hall–Kier alpha value is -1.33. The number of thiazole rings is 1. The Balaban J connectivity index is 1.75. The van der Waals surface area contributed by atoms with Crippen LogP contribution < -0.4 is 0 Å². The molecule has 1 aliphatic heterocycles. The molecule has 0 N–H and O–H groups in total. The van der Waals surface area contributed by atoms with Crippen molar-refractivity contribution in [2.24, 2.45) is 0 Å². The number of nitrogens with zero attached hydrogens (tertiary/aromatic N) is 4. The van der Waals surface area contributed by atoms with Crippen molar-refractivity contribution in [3.05, 3.63) is 39.9 Å². The third-order valence-electron chi connectivity index (χ3n) is 3.55. The molecular formula is C15H20N4S. The first-order valence-corrected chi connectivity index (χ1v) is 7.91. The summed E-state index contributed by atoms with van der Waals surface area (Å²) >= 11 is 1.66. The first-order valence-electron chi connectivity index (χ1n) is 6.97. The molecule has 0 saturated carbocycles.